The van der Waals surface area contributed by atoms with Crippen LogP contribution in [0.1, 0.15) is 25.8 Å². The third-order valence-corrected chi connectivity index (χ3v) is 2.78. The van der Waals surface area contributed by atoms with Gasteiger partial charge in [0.15, 0.2) is 0 Å². The normalized spacial score (nSPS) is 11.3. The minimum absolute atomic E-state index is 0.292. The SMILES string of the molecule is CCOC(=O)/C=C(/CCc1ccccc1)O/C=C/C(=O)OCC. The third-order valence-electron chi connectivity index (χ3n) is 2.78. The Kier molecular flexibility index (Phi) is 8.90. The van der Waals surface area contributed by atoms with Gasteiger partial charge in [0.25, 0.3) is 0 Å². The van der Waals surface area contributed by atoms with Crippen molar-refractivity contribution < 1.29 is 23.8 Å². The molecule has 0 fully saturated rings. The van der Waals surface area contributed by atoms with Gasteiger partial charge in [-0.1, -0.05) is 30.3 Å². The molecule has 0 aromatic heterocycles. The van der Waals surface area contributed by atoms with Crippen LogP contribution >= 0.6 is 0 Å². The van der Waals surface area contributed by atoms with Crippen LogP contribution in [0.2, 0.25) is 0 Å². The van der Waals surface area contributed by atoms with E-state index in [1.54, 1.807) is 13.8 Å². The van der Waals surface area contributed by atoms with Gasteiger partial charge in [0.2, 0.25) is 0 Å². The van der Waals surface area contributed by atoms with Crippen LogP contribution in [0.5, 0.6) is 0 Å². The van der Waals surface area contributed by atoms with Crippen LogP contribution in [0.25, 0.3) is 0 Å². The topological polar surface area (TPSA) is 61.8 Å². The molecule has 0 atom stereocenters. The van der Waals surface area contributed by atoms with Crippen LogP contribution in [0.4, 0.5) is 0 Å². The minimum Gasteiger partial charge on any atom is -0.469 e. The van der Waals surface area contributed by atoms with Crippen molar-refractivity contribution in [3.8, 4) is 0 Å². The summed E-state index contributed by atoms with van der Waals surface area (Å²) in [5.74, 6) is -0.543. The van der Waals surface area contributed by atoms with Gasteiger partial charge in [-0.2, -0.15) is 0 Å². The molecular weight excluding hydrogens is 296 g/mol. The first-order valence-electron chi connectivity index (χ1n) is 7.57. The predicted molar refractivity (Wildman–Crippen MR) is 86.3 cm³/mol. The van der Waals surface area contributed by atoms with Gasteiger partial charge in [-0.25, -0.2) is 9.59 Å². The van der Waals surface area contributed by atoms with Gasteiger partial charge in [0, 0.05) is 6.42 Å². The summed E-state index contributed by atoms with van der Waals surface area (Å²) in [5, 5.41) is 0. The van der Waals surface area contributed by atoms with Crippen molar-refractivity contribution in [1.82, 2.24) is 0 Å². The molecule has 0 N–H and O–H groups in total. The van der Waals surface area contributed by atoms with E-state index in [4.69, 9.17) is 14.2 Å². The molecule has 1 aromatic rings. The molecule has 0 aliphatic heterocycles. The number of allylic oxidation sites excluding steroid dienone is 1. The van der Waals surface area contributed by atoms with E-state index in [2.05, 4.69) is 0 Å². The molecule has 0 radical (unpaired) electrons. The first-order chi connectivity index (χ1) is 11.2. The first kappa shape index (κ1) is 18.5. The maximum atomic E-state index is 11.6. The molecule has 0 saturated heterocycles. The second-order valence-corrected chi connectivity index (χ2v) is 4.52. The standard InChI is InChI=1S/C18H22O5/c1-3-21-17(19)12-13-23-16(14-18(20)22-4-2)11-10-15-8-6-5-7-9-15/h5-9,12-14H,3-4,10-11H2,1-2H3/b13-12+,16-14-. The van der Waals surface area contributed by atoms with E-state index >= 15 is 0 Å². The number of aryl methyl sites for hydroxylation is 1. The Bertz CT molecular complexity index is 546. The van der Waals surface area contributed by atoms with Crippen LogP contribution in [-0.2, 0) is 30.2 Å². The van der Waals surface area contributed by atoms with Crippen molar-refractivity contribution in [1.29, 1.82) is 0 Å². The van der Waals surface area contributed by atoms with Crippen LogP contribution < -0.4 is 0 Å². The molecule has 0 amide bonds. The van der Waals surface area contributed by atoms with E-state index in [-0.39, 0.29) is 0 Å². The van der Waals surface area contributed by atoms with E-state index < -0.39 is 11.9 Å². The molecule has 5 nitrogen and oxygen atoms in total. The van der Waals surface area contributed by atoms with Gasteiger partial charge in [-0.3, -0.25) is 0 Å². The predicted octanol–water partition coefficient (Wildman–Crippen LogP) is 3.16. The highest BCUT2D eigenvalue weighted by molar-refractivity contribution is 5.82. The number of carbonyl (C=O) groups is 2. The number of carbonyl (C=O) groups excluding carboxylic acids is 2. The summed E-state index contributed by atoms with van der Waals surface area (Å²) in [7, 11) is 0. The number of benzene rings is 1. The van der Waals surface area contributed by atoms with Gasteiger partial charge >= 0.3 is 11.9 Å². The summed E-state index contributed by atoms with van der Waals surface area (Å²) in [5.41, 5.74) is 1.13. The highest BCUT2D eigenvalue weighted by atomic mass is 16.5. The summed E-state index contributed by atoms with van der Waals surface area (Å²) in [4.78, 5) is 22.8. The second kappa shape index (κ2) is 11.1. The quantitative estimate of drug-likeness (QED) is 0.397. The minimum atomic E-state index is -0.494. The molecule has 124 valence electrons. The Morgan fingerprint density at radius 2 is 1.65 bits per heavy atom. The molecule has 0 aliphatic carbocycles. The van der Waals surface area contributed by atoms with Crippen molar-refractivity contribution in [2.45, 2.75) is 26.7 Å². The molecule has 0 bridgehead atoms. The smallest absolute Gasteiger partial charge is 0.334 e. The monoisotopic (exact) mass is 318 g/mol. The average Bonchev–Trinajstić information content (AvgIpc) is 2.54. The Morgan fingerprint density at radius 1 is 1.00 bits per heavy atom. The molecule has 1 rings (SSSR count). The zero-order valence-corrected chi connectivity index (χ0v) is 13.5. The Balaban J connectivity index is 2.65. The van der Waals surface area contributed by atoms with Crippen molar-refractivity contribution >= 4 is 11.9 Å². The number of esters is 2. The van der Waals surface area contributed by atoms with Crippen LogP contribution in [0, 0.1) is 0 Å². The highest BCUT2D eigenvalue weighted by Crippen LogP contribution is 2.11. The number of ether oxygens (including phenoxy) is 3. The van der Waals surface area contributed by atoms with E-state index in [0.29, 0.717) is 31.8 Å². The fraction of sp³-hybridized carbons (Fsp3) is 0.333. The van der Waals surface area contributed by atoms with Crippen LogP contribution in [-0.4, -0.2) is 25.2 Å². The van der Waals surface area contributed by atoms with Gasteiger partial charge in [0.1, 0.15) is 5.76 Å². The number of hydrogen-bond acceptors (Lipinski definition) is 5. The summed E-state index contributed by atoms with van der Waals surface area (Å²) in [6, 6.07) is 9.83. The molecule has 0 aliphatic rings. The molecule has 23 heavy (non-hydrogen) atoms. The lowest BCUT2D eigenvalue weighted by molar-refractivity contribution is -0.138. The molecule has 1 aromatic carbocycles. The number of rotatable bonds is 9. The van der Waals surface area contributed by atoms with Gasteiger partial charge < -0.3 is 14.2 Å². The summed E-state index contributed by atoms with van der Waals surface area (Å²) >= 11 is 0. The van der Waals surface area contributed by atoms with Crippen LogP contribution in [0.3, 0.4) is 0 Å². The maximum absolute atomic E-state index is 11.6. The average molecular weight is 318 g/mol. The van der Waals surface area contributed by atoms with Crippen molar-refractivity contribution in [2.24, 2.45) is 0 Å². The van der Waals surface area contributed by atoms with E-state index in [1.807, 2.05) is 30.3 Å². The first-order valence-corrected chi connectivity index (χ1v) is 7.57. The molecule has 0 heterocycles. The van der Waals surface area contributed by atoms with E-state index in [1.165, 1.54) is 18.4 Å². The Morgan fingerprint density at radius 3 is 2.30 bits per heavy atom. The molecule has 0 saturated carbocycles. The van der Waals surface area contributed by atoms with Crippen LogP contribution in [0.15, 0.2) is 54.5 Å². The molecule has 0 spiro atoms. The van der Waals surface area contributed by atoms with Gasteiger partial charge in [-0.05, 0) is 25.8 Å². The lowest BCUT2D eigenvalue weighted by Crippen LogP contribution is -2.03. The zero-order chi connectivity index (χ0) is 16.9. The van der Waals surface area contributed by atoms with Gasteiger partial charge in [0.05, 0.1) is 31.6 Å². The summed E-state index contributed by atoms with van der Waals surface area (Å²) in [6.07, 6.45) is 4.90. The second-order valence-electron chi connectivity index (χ2n) is 4.52. The fourth-order valence-corrected chi connectivity index (χ4v) is 1.76. The Labute approximate surface area is 136 Å². The molecule has 0 unspecified atom stereocenters. The van der Waals surface area contributed by atoms with Crippen molar-refractivity contribution in [3.63, 3.8) is 0 Å². The van der Waals surface area contributed by atoms with E-state index in [0.717, 1.165) is 5.56 Å². The molecule has 5 heteroatoms. The van der Waals surface area contributed by atoms with Crippen molar-refractivity contribution in [2.75, 3.05) is 13.2 Å². The maximum Gasteiger partial charge on any atom is 0.334 e. The lowest BCUT2D eigenvalue weighted by atomic mass is 10.1. The third kappa shape index (κ3) is 8.46. The van der Waals surface area contributed by atoms with E-state index in [9.17, 15) is 9.59 Å². The van der Waals surface area contributed by atoms with Crippen molar-refractivity contribution in [3.05, 3.63) is 60.1 Å². The summed E-state index contributed by atoms with van der Waals surface area (Å²) < 4.78 is 15.0. The Hall–Kier alpha value is -2.56. The lowest BCUT2D eigenvalue weighted by Gasteiger charge is -2.07. The zero-order valence-electron chi connectivity index (χ0n) is 13.5. The largest absolute Gasteiger partial charge is 0.469 e. The fourth-order valence-electron chi connectivity index (χ4n) is 1.76. The summed E-state index contributed by atoms with van der Waals surface area (Å²) in [6.45, 7) is 4.04. The van der Waals surface area contributed by atoms with Gasteiger partial charge in [-0.15, -0.1) is 0 Å². The number of hydrogen-bond donors (Lipinski definition) is 0. The highest BCUT2D eigenvalue weighted by Gasteiger charge is 2.05. The molecular formula is C18H22O5.